The first-order valence-corrected chi connectivity index (χ1v) is 8.92. The molecule has 3 N–H and O–H groups in total. The average Bonchev–Trinajstić information content (AvgIpc) is 2.64. The average molecular weight is 356 g/mol. The molecule has 7 nitrogen and oxygen atoms in total. The van der Waals surface area contributed by atoms with Crippen molar-refractivity contribution >= 4 is 5.91 Å². The number of nitrogens with one attached hydrogen (secondary N) is 1. The van der Waals surface area contributed by atoms with Gasteiger partial charge in [-0.15, -0.1) is 0 Å². The number of amides is 1. The lowest BCUT2D eigenvalue weighted by molar-refractivity contribution is -0.122. The van der Waals surface area contributed by atoms with Crippen molar-refractivity contribution in [3.63, 3.8) is 0 Å². The van der Waals surface area contributed by atoms with Gasteiger partial charge in [0.25, 0.3) is 5.56 Å². The van der Waals surface area contributed by atoms with E-state index in [2.05, 4.69) is 5.32 Å². The summed E-state index contributed by atoms with van der Waals surface area (Å²) in [6.45, 7) is 0.0813. The molecule has 1 heterocycles. The van der Waals surface area contributed by atoms with E-state index in [0.29, 0.717) is 6.54 Å². The molecular weight excluding hydrogens is 332 g/mol. The molecule has 0 atom stereocenters. The molecule has 1 aromatic carbocycles. The minimum atomic E-state index is -0.484. The first-order chi connectivity index (χ1) is 12.5. The maximum absolute atomic E-state index is 12.6. The fourth-order valence-corrected chi connectivity index (χ4v) is 3.28. The summed E-state index contributed by atoms with van der Waals surface area (Å²) in [5.41, 5.74) is 5.86. The predicted octanol–water partition coefficient (Wildman–Crippen LogP) is 0.444. The maximum atomic E-state index is 12.6. The lowest BCUT2D eigenvalue weighted by atomic mass is 9.92. The molecule has 1 saturated carbocycles. The molecular formula is C19H24N4O3. The van der Waals surface area contributed by atoms with E-state index in [-0.39, 0.29) is 24.5 Å². The molecule has 138 valence electrons. The van der Waals surface area contributed by atoms with Crippen LogP contribution in [0.25, 0.3) is 0 Å². The number of hydrogen-bond acceptors (Lipinski definition) is 4. The zero-order valence-corrected chi connectivity index (χ0v) is 14.6. The van der Waals surface area contributed by atoms with Crippen LogP contribution in [0, 0.1) is 0 Å². The van der Waals surface area contributed by atoms with Crippen molar-refractivity contribution < 1.29 is 4.79 Å². The molecule has 1 aliphatic carbocycles. The van der Waals surface area contributed by atoms with Gasteiger partial charge in [-0.05, 0) is 31.2 Å². The van der Waals surface area contributed by atoms with E-state index < -0.39 is 11.2 Å². The van der Waals surface area contributed by atoms with E-state index in [1.807, 2.05) is 30.3 Å². The van der Waals surface area contributed by atoms with Crippen molar-refractivity contribution in [3.8, 4) is 0 Å². The van der Waals surface area contributed by atoms with Gasteiger partial charge < -0.3 is 11.1 Å². The minimum Gasteiger partial charge on any atom is -0.352 e. The molecule has 3 rings (SSSR count). The molecule has 2 aromatic rings. The molecule has 1 fully saturated rings. The van der Waals surface area contributed by atoms with Crippen molar-refractivity contribution in [2.24, 2.45) is 5.73 Å². The first-order valence-electron chi connectivity index (χ1n) is 8.92. The van der Waals surface area contributed by atoms with Crippen LogP contribution in [-0.4, -0.2) is 27.1 Å². The van der Waals surface area contributed by atoms with Crippen LogP contribution in [0.5, 0.6) is 0 Å². The summed E-state index contributed by atoms with van der Waals surface area (Å²) < 4.78 is 2.41. The molecule has 1 aromatic heterocycles. The van der Waals surface area contributed by atoms with Gasteiger partial charge in [0, 0.05) is 24.3 Å². The first kappa shape index (κ1) is 18.1. The summed E-state index contributed by atoms with van der Waals surface area (Å²) in [6, 6.07) is 11.1. The fraction of sp³-hybridized carbons (Fsp3) is 0.421. The minimum absolute atomic E-state index is 0.0632. The van der Waals surface area contributed by atoms with E-state index in [0.717, 1.165) is 35.8 Å². The Morgan fingerprint density at radius 3 is 2.46 bits per heavy atom. The number of nitrogens with zero attached hydrogens (tertiary/aromatic N) is 2. The van der Waals surface area contributed by atoms with Gasteiger partial charge in [0.1, 0.15) is 6.54 Å². The van der Waals surface area contributed by atoms with Gasteiger partial charge in [-0.3, -0.25) is 18.7 Å². The third kappa shape index (κ3) is 4.49. The standard InChI is InChI=1S/C19H24N4O3/c20-15-6-8-16(9-7-15)21-17(24)13-23-18(25)10-11-22(19(23)26)12-14-4-2-1-3-5-14/h1-5,10-11,15-16H,6-9,12-13,20H2,(H,21,24). The summed E-state index contributed by atoms with van der Waals surface area (Å²) in [4.78, 5) is 36.9. The highest BCUT2D eigenvalue weighted by atomic mass is 16.2. The Morgan fingerprint density at radius 2 is 1.77 bits per heavy atom. The van der Waals surface area contributed by atoms with Gasteiger partial charge >= 0.3 is 5.69 Å². The fourth-order valence-electron chi connectivity index (χ4n) is 3.28. The monoisotopic (exact) mass is 356 g/mol. The second kappa shape index (κ2) is 8.14. The SMILES string of the molecule is NC1CCC(NC(=O)Cn2c(=O)ccn(Cc3ccccc3)c2=O)CC1. The van der Waals surface area contributed by atoms with E-state index in [1.165, 1.54) is 16.8 Å². The summed E-state index contributed by atoms with van der Waals surface area (Å²) in [6.07, 6.45) is 4.87. The molecule has 26 heavy (non-hydrogen) atoms. The van der Waals surface area contributed by atoms with Gasteiger partial charge in [0.15, 0.2) is 0 Å². The van der Waals surface area contributed by atoms with Crippen LogP contribution >= 0.6 is 0 Å². The van der Waals surface area contributed by atoms with Crippen LogP contribution in [-0.2, 0) is 17.9 Å². The zero-order chi connectivity index (χ0) is 18.5. The topological polar surface area (TPSA) is 99.1 Å². The zero-order valence-electron chi connectivity index (χ0n) is 14.6. The molecule has 0 aliphatic heterocycles. The summed E-state index contributed by atoms with van der Waals surface area (Å²) in [7, 11) is 0. The van der Waals surface area contributed by atoms with Crippen LogP contribution in [0.4, 0.5) is 0 Å². The van der Waals surface area contributed by atoms with E-state index >= 15 is 0 Å². The number of rotatable bonds is 5. The van der Waals surface area contributed by atoms with Crippen LogP contribution in [0.15, 0.2) is 52.2 Å². The molecule has 1 amide bonds. The van der Waals surface area contributed by atoms with E-state index in [1.54, 1.807) is 0 Å². The predicted molar refractivity (Wildman–Crippen MR) is 98.9 cm³/mol. The molecule has 0 radical (unpaired) electrons. The van der Waals surface area contributed by atoms with Gasteiger partial charge in [-0.2, -0.15) is 0 Å². The van der Waals surface area contributed by atoms with Crippen molar-refractivity contribution in [2.75, 3.05) is 0 Å². The van der Waals surface area contributed by atoms with E-state index in [9.17, 15) is 14.4 Å². The lowest BCUT2D eigenvalue weighted by Gasteiger charge is -2.26. The van der Waals surface area contributed by atoms with Crippen LogP contribution < -0.4 is 22.3 Å². The second-order valence-electron chi connectivity index (χ2n) is 6.82. The number of benzene rings is 1. The van der Waals surface area contributed by atoms with Gasteiger partial charge in [0.2, 0.25) is 5.91 Å². The Hall–Kier alpha value is -2.67. The molecule has 0 unspecified atom stereocenters. The largest absolute Gasteiger partial charge is 0.352 e. The summed E-state index contributed by atoms with van der Waals surface area (Å²) in [5.74, 6) is -0.317. The number of aromatic nitrogens is 2. The molecule has 0 spiro atoms. The van der Waals surface area contributed by atoms with Crippen molar-refractivity contribution in [1.82, 2.24) is 14.5 Å². The Morgan fingerprint density at radius 1 is 1.08 bits per heavy atom. The highest BCUT2D eigenvalue weighted by Gasteiger charge is 2.20. The van der Waals surface area contributed by atoms with E-state index in [4.69, 9.17) is 5.73 Å². The van der Waals surface area contributed by atoms with Crippen molar-refractivity contribution in [2.45, 2.75) is 50.9 Å². The number of hydrogen-bond donors (Lipinski definition) is 2. The Balaban J connectivity index is 1.71. The Bertz CT molecular complexity index is 864. The highest BCUT2D eigenvalue weighted by Crippen LogP contribution is 2.16. The van der Waals surface area contributed by atoms with Crippen LogP contribution in [0.1, 0.15) is 31.2 Å². The smallest absolute Gasteiger partial charge is 0.331 e. The second-order valence-corrected chi connectivity index (χ2v) is 6.82. The highest BCUT2D eigenvalue weighted by molar-refractivity contribution is 5.76. The van der Waals surface area contributed by atoms with Gasteiger partial charge in [0.05, 0.1) is 6.54 Å². The summed E-state index contributed by atoms with van der Waals surface area (Å²) >= 11 is 0. The number of carbonyl (C=O) groups is 1. The van der Waals surface area contributed by atoms with Crippen LogP contribution in [0.2, 0.25) is 0 Å². The number of carbonyl (C=O) groups excluding carboxylic acids is 1. The quantitative estimate of drug-likeness (QED) is 0.812. The molecule has 7 heteroatoms. The third-order valence-corrected chi connectivity index (χ3v) is 4.77. The Labute approximate surface area is 151 Å². The van der Waals surface area contributed by atoms with Crippen LogP contribution in [0.3, 0.4) is 0 Å². The molecule has 0 bridgehead atoms. The van der Waals surface area contributed by atoms with Crippen molar-refractivity contribution in [1.29, 1.82) is 0 Å². The maximum Gasteiger partial charge on any atom is 0.331 e. The van der Waals surface area contributed by atoms with Crippen molar-refractivity contribution in [3.05, 3.63) is 69.0 Å². The Kier molecular flexibility index (Phi) is 5.68. The molecule has 1 aliphatic rings. The normalized spacial score (nSPS) is 19.9. The summed E-state index contributed by atoms with van der Waals surface area (Å²) in [5, 5.41) is 2.91. The third-order valence-electron chi connectivity index (χ3n) is 4.77. The molecule has 0 saturated heterocycles. The van der Waals surface area contributed by atoms with Gasteiger partial charge in [-0.25, -0.2) is 4.79 Å². The lowest BCUT2D eigenvalue weighted by Crippen LogP contribution is -2.46. The van der Waals surface area contributed by atoms with Gasteiger partial charge in [-0.1, -0.05) is 30.3 Å². The number of nitrogens with two attached hydrogens (primary N) is 1.